The number of halogens is 1. The van der Waals surface area contributed by atoms with Gasteiger partial charge in [-0.05, 0) is 31.2 Å². The molecule has 14 heavy (non-hydrogen) atoms. The van der Waals surface area contributed by atoms with Crippen LogP contribution in [0.5, 0.6) is 0 Å². The summed E-state index contributed by atoms with van der Waals surface area (Å²) in [4.78, 5) is 0. The molecule has 0 bridgehead atoms. The maximum absolute atomic E-state index is 13.2. The van der Waals surface area contributed by atoms with Crippen LogP contribution in [0.2, 0.25) is 0 Å². The molecule has 0 amide bonds. The van der Waals surface area contributed by atoms with Gasteiger partial charge in [0.2, 0.25) is 0 Å². The minimum absolute atomic E-state index is 0.607. The Balaban J connectivity index is 2.23. The van der Waals surface area contributed by atoms with Crippen LogP contribution in [-0.2, 0) is 6.42 Å². The number of hydrogen-bond donors (Lipinski definition) is 0. The maximum Gasteiger partial charge on any atom is 0.101 e. The van der Waals surface area contributed by atoms with Gasteiger partial charge < -0.3 is 0 Å². The van der Waals surface area contributed by atoms with Crippen molar-refractivity contribution in [1.29, 1.82) is 0 Å². The second-order valence-electron chi connectivity index (χ2n) is 3.49. The average Bonchev–Trinajstić information content (AvgIpc) is 2.25. The molecule has 0 saturated heterocycles. The summed E-state index contributed by atoms with van der Waals surface area (Å²) in [6.07, 6.45) is 3.92. The van der Waals surface area contributed by atoms with E-state index in [1.807, 2.05) is 30.3 Å². The molecule has 1 rings (SSSR count). The summed E-state index contributed by atoms with van der Waals surface area (Å²) in [6, 6.07) is 10.0. The van der Waals surface area contributed by atoms with Crippen LogP contribution >= 0.6 is 0 Å². The zero-order chi connectivity index (χ0) is 10.2. The van der Waals surface area contributed by atoms with E-state index in [0.29, 0.717) is 12.8 Å². The Bertz CT molecular complexity index is 253. The molecule has 0 aliphatic heterocycles. The SMILES string of the molecule is C=CCCC(F)CCc1ccccc1. The predicted molar refractivity (Wildman–Crippen MR) is 59.1 cm³/mol. The molecule has 0 radical (unpaired) electrons. The molecule has 1 unspecified atom stereocenters. The third-order valence-corrected chi connectivity index (χ3v) is 2.27. The summed E-state index contributed by atoms with van der Waals surface area (Å²) in [5.41, 5.74) is 1.22. The first-order chi connectivity index (χ1) is 6.83. The fourth-order valence-corrected chi connectivity index (χ4v) is 1.41. The molecule has 1 aromatic carbocycles. The molecule has 0 saturated carbocycles. The molecule has 0 aromatic heterocycles. The Morgan fingerprint density at radius 1 is 1.21 bits per heavy atom. The highest BCUT2D eigenvalue weighted by Crippen LogP contribution is 2.11. The minimum Gasteiger partial charge on any atom is -0.247 e. The summed E-state index contributed by atoms with van der Waals surface area (Å²) in [5, 5.41) is 0. The third kappa shape index (κ3) is 4.22. The van der Waals surface area contributed by atoms with E-state index in [9.17, 15) is 4.39 Å². The normalized spacial score (nSPS) is 12.4. The van der Waals surface area contributed by atoms with E-state index >= 15 is 0 Å². The van der Waals surface area contributed by atoms with Gasteiger partial charge in [0, 0.05) is 0 Å². The number of benzene rings is 1. The summed E-state index contributed by atoms with van der Waals surface area (Å²) >= 11 is 0. The molecule has 76 valence electrons. The van der Waals surface area contributed by atoms with Crippen molar-refractivity contribution >= 4 is 0 Å². The van der Waals surface area contributed by atoms with Crippen LogP contribution in [0.4, 0.5) is 4.39 Å². The molecular formula is C13H17F. The summed E-state index contributed by atoms with van der Waals surface area (Å²) < 4.78 is 13.2. The fraction of sp³-hybridized carbons (Fsp3) is 0.385. The van der Waals surface area contributed by atoms with Crippen molar-refractivity contribution in [1.82, 2.24) is 0 Å². The molecule has 0 nitrogen and oxygen atoms in total. The zero-order valence-corrected chi connectivity index (χ0v) is 8.45. The van der Waals surface area contributed by atoms with Crippen molar-refractivity contribution in [2.75, 3.05) is 0 Å². The highest BCUT2D eigenvalue weighted by Gasteiger charge is 2.04. The van der Waals surface area contributed by atoms with Crippen LogP contribution in [0.3, 0.4) is 0 Å². The lowest BCUT2D eigenvalue weighted by atomic mass is 10.0. The van der Waals surface area contributed by atoms with E-state index in [1.165, 1.54) is 5.56 Å². The van der Waals surface area contributed by atoms with E-state index in [4.69, 9.17) is 0 Å². The highest BCUT2D eigenvalue weighted by atomic mass is 19.1. The monoisotopic (exact) mass is 192 g/mol. The first-order valence-corrected chi connectivity index (χ1v) is 5.12. The summed E-state index contributed by atoms with van der Waals surface area (Å²) in [5.74, 6) is 0. The number of aryl methyl sites for hydroxylation is 1. The maximum atomic E-state index is 13.2. The number of alkyl halides is 1. The Morgan fingerprint density at radius 3 is 2.57 bits per heavy atom. The van der Waals surface area contributed by atoms with Crippen LogP contribution < -0.4 is 0 Å². The van der Waals surface area contributed by atoms with Gasteiger partial charge in [-0.1, -0.05) is 36.4 Å². The lowest BCUT2D eigenvalue weighted by Crippen LogP contribution is -2.01. The van der Waals surface area contributed by atoms with Gasteiger partial charge in [0.05, 0.1) is 0 Å². The standard InChI is InChI=1S/C13H17F/c1-2-3-9-13(14)11-10-12-7-5-4-6-8-12/h2,4-8,13H,1,3,9-11H2. The van der Waals surface area contributed by atoms with Crippen LogP contribution in [0.1, 0.15) is 24.8 Å². The second kappa shape index (κ2) is 6.36. The smallest absolute Gasteiger partial charge is 0.101 e. The predicted octanol–water partition coefficient (Wildman–Crippen LogP) is 3.92. The Kier molecular flexibility index (Phi) is 4.98. The zero-order valence-electron chi connectivity index (χ0n) is 8.45. The van der Waals surface area contributed by atoms with Crippen LogP contribution in [-0.4, -0.2) is 6.17 Å². The molecule has 0 aliphatic carbocycles. The van der Waals surface area contributed by atoms with Crippen LogP contribution in [0.15, 0.2) is 43.0 Å². The first-order valence-electron chi connectivity index (χ1n) is 5.12. The number of rotatable bonds is 6. The quantitative estimate of drug-likeness (QED) is 0.599. The van der Waals surface area contributed by atoms with Crippen LogP contribution in [0.25, 0.3) is 0 Å². The van der Waals surface area contributed by atoms with Gasteiger partial charge in [0.1, 0.15) is 6.17 Å². The van der Waals surface area contributed by atoms with Crippen LogP contribution in [0, 0.1) is 0 Å². The molecule has 0 fully saturated rings. The summed E-state index contributed by atoms with van der Waals surface area (Å²) in [7, 11) is 0. The Hall–Kier alpha value is -1.11. The molecule has 0 aliphatic rings. The van der Waals surface area contributed by atoms with E-state index in [1.54, 1.807) is 6.08 Å². The van der Waals surface area contributed by atoms with E-state index in [2.05, 4.69) is 6.58 Å². The number of hydrogen-bond acceptors (Lipinski definition) is 0. The van der Waals surface area contributed by atoms with E-state index in [-0.39, 0.29) is 0 Å². The van der Waals surface area contributed by atoms with Crippen molar-refractivity contribution in [3.63, 3.8) is 0 Å². The Labute approximate surface area is 85.5 Å². The molecule has 1 heteroatoms. The fourth-order valence-electron chi connectivity index (χ4n) is 1.41. The third-order valence-electron chi connectivity index (χ3n) is 2.27. The highest BCUT2D eigenvalue weighted by molar-refractivity contribution is 5.14. The molecular weight excluding hydrogens is 175 g/mol. The second-order valence-corrected chi connectivity index (χ2v) is 3.49. The van der Waals surface area contributed by atoms with Gasteiger partial charge in [0.25, 0.3) is 0 Å². The summed E-state index contributed by atoms with van der Waals surface area (Å²) in [6.45, 7) is 3.58. The van der Waals surface area contributed by atoms with Crippen molar-refractivity contribution in [3.05, 3.63) is 48.6 Å². The van der Waals surface area contributed by atoms with Gasteiger partial charge in [-0.25, -0.2) is 4.39 Å². The van der Waals surface area contributed by atoms with E-state index in [0.717, 1.165) is 12.8 Å². The van der Waals surface area contributed by atoms with Gasteiger partial charge in [-0.3, -0.25) is 0 Å². The largest absolute Gasteiger partial charge is 0.247 e. The molecule has 0 spiro atoms. The van der Waals surface area contributed by atoms with E-state index < -0.39 is 6.17 Å². The van der Waals surface area contributed by atoms with Crippen molar-refractivity contribution < 1.29 is 4.39 Å². The average molecular weight is 192 g/mol. The molecule has 0 N–H and O–H groups in total. The lowest BCUT2D eigenvalue weighted by Gasteiger charge is -2.06. The molecule has 1 atom stereocenters. The first kappa shape index (κ1) is 11.0. The van der Waals surface area contributed by atoms with Gasteiger partial charge in [-0.2, -0.15) is 0 Å². The van der Waals surface area contributed by atoms with Crippen molar-refractivity contribution in [2.45, 2.75) is 31.9 Å². The Morgan fingerprint density at radius 2 is 1.93 bits per heavy atom. The minimum atomic E-state index is -0.687. The van der Waals surface area contributed by atoms with Crippen molar-refractivity contribution in [2.24, 2.45) is 0 Å². The van der Waals surface area contributed by atoms with Gasteiger partial charge in [-0.15, -0.1) is 6.58 Å². The lowest BCUT2D eigenvalue weighted by molar-refractivity contribution is 0.298. The van der Waals surface area contributed by atoms with Gasteiger partial charge in [0.15, 0.2) is 0 Å². The van der Waals surface area contributed by atoms with Crippen molar-refractivity contribution in [3.8, 4) is 0 Å². The van der Waals surface area contributed by atoms with Gasteiger partial charge >= 0.3 is 0 Å². The topological polar surface area (TPSA) is 0 Å². The number of allylic oxidation sites excluding steroid dienone is 1. The molecule has 1 aromatic rings. The molecule has 0 heterocycles.